The van der Waals surface area contributed by atoms with Crippen molar-refractivity contribution in [2.75, 3.05) is 12.3 Å². The smallest absolute Gasteiger partial charge is 0.137 e. The quantitative estimate of drug-likeness (QED) is 0.756. The molecule has 14 heavy (non-hydrogen) atoms. The van der Waals surface area contributed by atoms with Crippen LogP contribution in [-0.2, 0) is 10.1 Å². The zero-order chi connectivity index (χ0) is 10.2. The van der Waals surface area contributed by atoms with Gasteiger partial charge in [0.05, 0.1) is 4.47 Å². The zero-order valence-corrected chi connectivity index (χ0v) is 9.95. The Balaban J connectivity index is 2.42. The van der Waals surface area contributed by atoms with Gasteiger partial charge in [-0.25, -0.2) is 4.39 Å². The molecule has 5 heteroatoms. The normalized spacial score (nSPS) is 22.1. The Hall–Kier alpha value is -0.260. The van der Waals surface area contributed by atoms with Crippen LogP contribution < -0.4 is 4.72 Å². The van der Waals surface area contributed by atoms with Crippen molar-refractivity contribution in [2.45, 2.75) is 11.3 Å². The van der Waals surface area contributed by atoms with Crippen molar-refractivity contribution in [3.63, 3.8) is 0 Å². The minimum atomic E-state index is -2.42. The largest absolute Gasteiger partial charge is 0.267 e. The van der Waals surface area contributed by atoms with E-state index in [1.807, 2.05) is 0 Å². The van der Waals surface area contributed by atoms with E-state index >= 15 is 0 Å². The predicted molar refractivity (Wildman–Crippen MR) is 59.4 cm³/mol. The molecule has 0 aromatic heterocycles. The molecule has 0 spiro atoms. The molecule has 0 radical (unpaired) electrons. The van der Waals surface area contributed by atoms with Gasteiger partial charge in [0.2, 0.25) is 0 Å². The van der Waals surface area contributed by atoms with Crippen LogP contribution in [0.15, 0.2) is 27.6 Å². The Kier molecular flexibility index (Phi) is 2.72. The van der Waals surface area contributed by atoms with E-state index < -0.39 is 10.1 Å². The summed E-state index contributed by atoms with van der Waals surface area (Å²) in [6, 6.07) is 4.55. The van der Waals surface area contributed by atoms with Gasteiger partial charge in [0.1, 0.15) is 5.82 Å². The average molecular weight is 280 g/mol. The van der Waals surface area contributed by atoms with E-state index in [1.54, 1.807) is 12.1 Å². The predicted octanol–water partition coefficient (Wildman–Crippen LogP) is 1.87. The molecule has 1 saturated heterocycles. The Morgan fingerprint density at radius 1 is 1.50 bits per heavy atom. The van der Waals surface area contributed by atoms with Crippen LogP contribution in [0.2, 0.25) is 0 Å². The summed E-state index contributed by atoms with van der Waals surface area (Å²) < 4.78 is 28.6. The van der Waals surface area contributed by atoms with Crippen molar-refractivity contribution in [3.8, 4) is 0 Å². The highest BCUT2D eigenvalue weighted by Crippen LogP contribution is 2.25. The number of halogens is 2. The van der Waals surface area contributed by atoms with Crippen LogP contribution in [0.5, 0.6) is 0 Å². The molecule has 0 atom stereocenters. The molecule has 0 amide bonds. The molecule has 0 saturated carbocycles. The van der Waals surface area contributed by atoms with E-state index in [2.05, 4.69) is 20.7 Å². The molecule has 2 nitrogen and oxygen atoms in total. The van der Waals surface area contributed by atoms with E-state index in [4.69, 9.17) is 0 Å². The van der Waals surface area contributed by atoms with Gasteiger partial charge >= 0.3 is 0 Å². The lowest BCUT2D eigenvalue weighted by atomic mass is 10.3. The number of hydrogen-bond acceptors (Lipinski definition) is 1. The molecule has 1 heterocycles. The molecule has 1 aliphatic heterocycles. The minimum Gasteiger partial charge on any atom is -0.267 e. The second kappa shape index (κ2) is 3.72. The van der Waals surface area contributed by atoms with E-state index in [9.17, 15) is 8.60 Å². The summed E-state index contributed by atoms with van der Waals surface area (Å²) in [5, 5.41) is 0. The van der Waals surface area contributed by atoms with Crippen molar-refractivity contribution in [2.24, 2.45) is 0 Å². The fourth-order valence-electron chi connectivity index (χ4n) is 1.57. The van der Waals surface area contributed by atoms with Gasteiger partial charge in [0, 0.05) is 17.2 Å². The maximum absolute atomic E-state index is 13.0. The number of nitrogens with one attached hydrogen (secondary N) is 1. The summed E-state index contributed by atoms with van der Waals surface area (Å²) >= 11 is 3.09. The fraction of sp³-hybridized carbons (Fsp3) is 0.333. The molecule has 1 aliphatic rings. The topological polar surface area (TPSA) is 29.1 Å². The molecular weight excluding hydrogens is 269 g/mol. The fourth-order valence-corrected chi connectivity index (χ4v) is 4.50. The maximum Gasteiger partial charge on any atom is 0.137 e. The van der Waals surface area contributed by atoms with Crippen molar-refractivity contribution in [3.05, 3.63) is 28.5 Å². The highest BCUT2D eigenvalue weighted by Gasteiger charge is 2.22. The van der Waals surface area contributed by atoms with Gasteiger partial charge in [-0.15, -0.1) is 0 Å². The molecule has 0 aliphatic carbocycles. The average Bonchev–Trinajstić information content (AvgIpc) is 2.58. The third kappa shape index (κ3) is 1.76. The SMILES string of the molecule is O=[SH]1(c2ccc(F)c(Br)c2)CCCN1. The first-order valence-electron chi connectivity index (χ1n) is 4.42. The highest BCUT2D eigenvalue weighted by atomic mass is 79.9. The van der Waals surface area contributed by atoms with Gasteiger partial charge in [0.25, 0.3) is 0 Å². The Morgan fingerprint density at radius 2 is 2.29 bits per heavy atom. The van der Waals surface area contributed by atoms with Crippen molar-refractivity contribution >= 4 is 26.0 Å². The lowest BCUT2D eigenvalue weighted by molar-refractivity contribution is 0.619. The van der Waals surface area contributed by atoms with E-state index in [0.717, 1.165) is 13.0 Å². The van der Waals surface area contributed by atoms with Crippen molar-refractivity contribution in [1.29, 1.82) is 0 Å². The van der Waals surface area contributed by atoms with Gasteiger partial charge in [-0.2, -0.15) is 0 Å². The van der Waals surface area contributed by atoms with Crippen LogP contribution in [0.1, 0.15) is 6.42 Å². The molecule has 0 bridgehead atoms. The standard InChI is InChI=1S/C9H11BrFNOS/c10-8-6-7(2-3-9(8)11)14(13)5-1-4-12-14/h2-3,6,14H,1,4-5H2,(H,12,13). The monoisotopic (exact) mass is 279 g/mol. The highest BCUT2D eigenvalue weighted by molar-refractivity contribution is 9.10. The van der Waals surface area contributed by atoms with Gasteiger partial charge in [-0.05, 0) is 50.7 Å². The molecule has 1 aromatic carbocycles. The summed E-state index contributed by atoms with van der Waals surface area (Å²) in [7, 11) is -2.42. The summed E-state index contributed by atoms with van der Waals surface area (Å²) in [5.74, 6) is 0.352. The first-order valence-corrected chi connectivity index (χ1v) is 7.10. The number of thiol groups is 1. The first-order chi connectivity index (χ1) is 6.62. The second-order valence-corrected chi connectivity index (χ2v) is 6.94. The lowest BCUT2D eigenvalue weighted by Crippen LogP contribution is -2.26. The van der Waals surface area contributed by atoms with Crippen LogP contribution in [-0.4, -0.2) is 16.5 Å². The van der Waals surface area contributed by atoms with Crippen molar-refractivity contribution in [1.82, 2.24) is 4.72 Å². The Morgan fingerprint density at radius 3 is 2.86 bits per heavy atom. The number of rotatable bonds is 1. The number of hydrogen-bond donors (Lipinski definition) is 2. The molecule has 78 valence electrons. The molecular formula is C9H11BrFNOS. The van der Waals surface area contributed by atoms with Crippen LogP contribution in [0, 0.1) is 5.82 Å². The Bertz CT molecular complexity index is 400. The van der Waals surface area contributed by atoms with Crippen LogP contribution in [0.4, 0.5) is 4.39 Å². The van der Waals surface area contributed by atoms with Crippen LogP contribution in [0.25, 0.3) is 0 Å². The van der Waals surface area contributed by atoms with Gasteiger partial charge in [-0.1, -0.05) is 0 Å². The van der Waals surface area contributed by atoms with E-state index in [0.29, 0.717) is 15.1 Å². The van der Waals surface area contributed by atoms with Crippen LogP contribution in [0.3, 0.4) is 0 Å². The third-order valence-corrected chi connectivity index (χ3v) is 5.74. The Labute approximate surface area is 91.6 Å². The van der Waals surface area contributed by atoms with Gasteiger partial charge in [-0.3, -0.25) is 8.93 Å². The molecule has 1 fully saturated rings. The molecule has 1 N–H and O–H groups in total. The molecule has 1 aromatic rings. The van der Waals surface area contributed by atoms with E-state index in [-0.39, 0.29) is 5.82 Å². The first kappa shape index (κ1) is 10.3. The number of benzene rings is 1. The minimum absolute atomic E-state index is 0.320. The van der Waals surface area contributed by atoms with Crippen molar-refractivity contribution < 1.29 is 8.60 Å². The zero-order valence-electron chi connectivity index (χ0n) is 7.46. The van der Waals surface area contributed by atoms with Crippen LogP contribution >= 0.6 is 15.9 Å². The summed E-state index contributed by atoms with van der Waals surface area (Å²) in [6.07, 6.45) is 0.923. The summed E-state index contributed by atoms with van der Waals surface area (Å²) in [5.41, 5.74) is 0. The van der Waals surface area contributed by atoms with Gasteiger partial charge in [0.15, 0.2) is 0 Å². The van der Waals surface area contributed by atoms with E-state index in [1.165, 1.54) is 6.07 Å². The molecule has 2 rings (SSSR count). The second-order valence-electron chi connectivity index (χ2n) is 3.32. The summed E-state index contributed by atoms with van der Waals surface area (Å²) in [4.78, 5) is 0.711. The maximum atomic E-state index is 13.0. The lowest BCUT2D eigenvalue weighted by Gasteiger charge is -2.18. The third-order valence-electron chi connectivity index (χ3n) is 2.34. The molecule has 0 unspecified atom stereocenters. The van der Waals surface area contributed by atoms with Gasteiger partial charge < -0.3 is 0 Å². The summed E-state index contributed by atoms with van der Waals surface area (Å²) in [6.45, 7) is 0.784.